The highest BCUT2D eigenvalue weighted by Crippen LogP contribution is 2.38. The van der Waals surface area contributed by atoms with Crippen LogP contribution in [0.3, 0.4) is 0 Å². The third-order valence-electron chi connectivity index (χ3n) is 4.92. The number of unbranched alkanes of at least 4 members (excludes halogenated alkanes) is 6. The summed E-state index contributed by atoms with van der Waals surface area (Å²) in [6.07, 6.45) is 9.89. The maximum Gasteiger partial charge on any atom is 0.211 e. The van der Waals surface area contributed by atoms with Gasteiger partial charge in [-0.05, 0) is 12.0 Å². The molecule has 2 atom stereocenters. The first-order chi connectivity index (χ1) is 11.5. The molecule has 1 aromatic rings. The van der Waals surface area contributed by atoms with Crippen molar-refractivity contribution in [3.8, 4) is 0 Å². The van der Waals surface area contributed by atoms with E-state index in [-0.39, 0.29) is 17.4 Å². The lowest BCUT2D eigenvalue weighted by Crippen LogP contribution is -2.32. The van der Waals surface area contributed by atoms with Crippen LogP contribution in [0.1, 0.15) is 76.7 Å². The lowest BCUT2D eigenvalue weighted by Gasteiger charge is -2.31. The second kappa shape index (κ2) is 11.0. The van der Waals surface area contributed by atoms with Crippen LogP contribution < -0.4 is 0 Å². The van der Waals surface area contributed by atoms with E-state index in [1.165, 1.54) is 32.1 Å². The number of hydrogen-bond donors (Lipinski definition) is 0. The zero-order chi connectivity index (χ0) is 17.8. The molecule has 4 heteroatoms. The van der Waals surface area contributed by atoms with E-state index < -0.39 is 5.41 Å². The second-order valence-corrected chi connectivity index (χ2v) is 6.97. The number of hydrogen-bond acceptors (Lipinski definition) is 3. The number of aldehydes is 1. The summed E-state index contributed by atoms with van der Waals surface area (Å²) in [5.41, 5.74) is 0.199. The minimum absolute atomic E-state index is 0.199. The number of benzene rings is 1. The molecule has 4 nitrogen and oxygen atoms in total. The van der Waals surface area contributed by atoms with Crippen LogP contribution in [-0.4, -0.2) is 17.8 Å². The molecule has 0 aliphatic heterocycles. The molecule has 1 rings (SSSR count). The summed E-state index contributed by atoms with van der Waals surface area (Å²) >= 11 is 0. The first-order valence-corrected chi connectivity index (χ1v) is 9.16. The standard InChI is InChI=1S/C20H31NO3/c1-3-4-5-6-7-8-12-15-20(2,17-22)19(16-21(23)24)18-13-10-9-11-14-18/h9-11,13-14,17,19H,3-8,12,15-16H2,1-2H3/t19-,20-/m1/s1. The summed E-state index contributed by atoms with van der Waals surface area (Å²) in [6.45, 7) is 3.88. The fourth-order valence-corrected chi connectivity index (χ4v) is 3.31. The molecule has 24 heavy (non-hydrogen) atoms. The quantitative estimate of drug-likeness (QED) is 0.210. The van der Waals surface area contributed by atoms with Crippen molar-refractivity contribution in [2.75, 3.05) is 6.54 Å². The summed E-state index contributed by atoms with van der Waals surface area (Å²) in [5, 5.41) is 11.1. The fraction of sp³-hybridized carbons (Fsp3) is 0.650. The summed E-state index contributed by atoms with van der Waals surface area (Å²) in [4.78, 5) is 22.6. The van der Waals surface area contributed by atoms with Gasteiger partial charge in [0, 0.05) is 10.3 Å². The number of nitrogens with zero attached hydrogens (tertiary/aromatic N) is 1. The predicted molar refractivity (Wildman–Crippen MR) is 97.8 cm³/mol. The SMILES string of the molecule is CCCCCCCCC[C@](C)(C=O)[C@H](C[N+](=O)[O-])c1ccccc1. The maximum atomic E-state index is 11.8. The van der Waals surface area contributed by atoms with E-state index in [1.807, 2.05) is 37.3 Å². The van der Waals surface area contributed by atoms with Crippen LogP contribution in [0.15, 0.2) is 30.3 Å². The number of carbonyl (C=O) groups is 1. The molecular weight excluding hydrogens is 302 g/mol. The molecule has 0 bridgehead atoms. The van der Waals surface area contributed by atoms with Crippen molar-refractivity contribution >= 4 is 6.29 Å². The van der Waals surface area contributed by atoms with Crippen molar-refractivity contribution < 1.29 is 9.72 Å². The highest BCUT2D eigenvalue weighted by molar-refractivity contribution is 5.61. The molecule has 0 aromatic heterocycles. The van der Waals surface area contributed by atoms with Gasteiger partial charge >= 0.3 is 0 Å². The molecule has 0 unspecified atom stereocenters. The van der Waals surface area contributed by atoms with Gasteiger partial charge in [-0.15, -0.1) is 0 Å². The Kier molecular flexibility index (Phi) is 9.28. The molecule has 0 fully saturated rings. The van der Waals surface area contributed by atoms with E-state index in [2.05, 4.69) is 6.92 Å². The Morgan fingerprint density at radius 3 is 2.21 bits per heavy atom. The minimum Gasteiger partial charge on any atom is -0.303 e. The van der Waals surface area contributed by atoms with Crippen LogP contribution in [0.25, 0.3) is 0 Å². The summed E-state index contributed by atoms with van der Waals surface area (Å²) in [6, 6.07) is 9.42. The minimum atomic E-state index is -0.683. The molecule has 0 amide bonds. The van der Waals surface area contributed by atoms with E-state index in [0.717, 1.165) is 24.7 Å². The van der Waals surface area contributed by atoms with Gasteiger partial charge in [0.25, 0.3) is 0 Å². The van der Waals surface area contributed by atoms with Gasteiger partial charge in [-0.2, -0.15) is 0 Å². The molecule has 0 saturated heterocycles. The molecular formula is C20H31NO3. The van der Waals surface area contributed by atoms with Gasteiger partial charge in [0.05, 0.1) is 5.92 Å². The Morgan fingerprint density at radius 2 is 1.67 bits per heavy atom. The van der Waals surface area contributed by atoms with Crippen molar-refractivity contribution in [2.45, 2.75) is 71.1 Å². The first-order valence-electron chi connectivity index (χ1n) is 9.16. The van der Waals surface area contributed by atoms with Gasteiger partial charge in [0.2, 0.25) is 6.54 Å². The monoisotopic (exact) mass is 333 g/mol. The highest BCUT2D eigenvalue weighted by Gasteiger charge is 2.38. The molecule has 1 aromatic carbocycles. The van der Waals surface area contributed by atoms with Crippen LogP contribution in [0.4, 0.5) is 0 Å². The van der Waals surface area contributed by atoms with E-state index in [4.69, 9.17) is 0 Å². The molecule has 0 N–H and O–H groups in total. The number of carbonyl (C=O) groups excluding carboxylic acids is 1. The van der Waals surface area contributed by atoms with Crippen molar-refractivity contribution in [1.82, 2.24) is 0 Å². The zero-order valence-corrected chi connectivity index (χ0v) is 15.1. The largest absolute Gasteiger partial charge is 0.303 e. The van der Waals surface area contributed by atoms with Gasteiger partial charge < -0.3 is 4.79 Å². The van der Waals surface area contributed by atoms with Crippen LogP contribution in [0.2, 0.25) is 0 Å². The van der Waals surface area contributed by atoms with Gasteiger partial charge in [0.15, 0.2) is 0 Å². The van der Waals surface area contributed by atoms with Gasteiger partial charge in [-0.25, -0.2) is 0 Å². The number of rotatable bonds is 13. The Labute approximate surface area is 145 Å². The van der Waals surface area contributed by atoms with Crippen LogP contribution in [0.5, 0.6) is 0 Å². The summed E-state index contributed by atoms with van der Waals surface area (Å²) in [5.74, 6) is -0.369. The molecule has 0 aliphatic rings. The van der Waals surface area contributed by atoms with Crippen LogP contribution >= 0.6 is 0 Å². The Bertz CT molecular complexity index is 489. The van der Waals surface area contributed by atoms with Gasteiger partial charge in [0.1, 0.15) is 6.29 Å². The third-order valence-corrected chi connectivity index (χ3v) is 4.92. The summed E-state index contributed by atoms with van der Waals surface area (Å²) < 4.78 is 0. The molecule has 0 spiro atoms. The molecule has 0 radical (unpaired) electrons. The van der Waals surface area contributed by atoms with E-state index in [1.54, 1.807) is 0 Å². The number of nitro groups is 1. The average molecular weight is 333 g/mol. The molecule has 0 aliphatic carbocycles. The zero-order valence-electron chi connectivity index (χ0n) is 15.1. The van der Waals surface area contributed by atoms with Crippen molar-refractivity contribution in [2.24, 2.45) is 5.41 Å². The molecule has 134 valence electrons. The van der Waals surface area contributed by atoms with Crippen LogP contribution in [-0.2, 0) is 4.79 Å². The molecule has 0 saturated carbocycles. The van der Waals surface area contributed by atoms with Gasteiger partial charge in [-0.1, -0.05) is 89.1 Å². The molecule has 0 heterocycles. The topological polar surface area (TPSA) is 60.2 Å². The Balaban J connectivity index is 2.66. The highest BCUT2D eigenvalue weighted by atomic mass is 16.6. The van der Waals surface area contributed by atoms with E-state index in [0.29, 0.717) is 6.42 Å². The Morgan fingerprint density at radius 1 is 1.08 bits per heavy atom. The lowest BCUT2D eigenvalue weighted by atomic mass is 9.71. The smallest absolute Gasteiger partial charge is 0.211 e. The maximum absolute atomic E-state index is 11.8. The van der Waals surface area contributed by atoms with E-state index >= 15 is 0 Å². The van der Waals surface area contributed by atoms with Crippen LogP contribution in [0, 0.1) is 15.5 Å². The van der Waals surface area contributed by atoms with Crippen molar-refractivity contribution in [3.05, 3.63) is 46.0 Å². The normalized spacial score (nSPS) is 14.8. The van der Waals surface area contributed by atoms with Crippen molar-refractivity contribution in [1.29, 1.82) is 0 Å². The average Bonchev–Trinajstić information content (AvgIpc) is 2.59. The lowest BCUT2D eigenvalue weighted by molar-refractivity contribution is -0.485. The predicted octanol–water partition coefficient (Wildman–Crippen LogP) is 5.39. The fourth-order valence-electron chi connectivity index (χ4n) is 3.31. The van der Waals surface area contributed by atoms with E-state index in [9.17, 15) is 14.9 Å². The second-order valence-electron chi connectivity index (χ2n) is 6.97. The van der Waals surface area contributed by atoms with Crippen molar-refractivity contribution in [3.63, 3.8) is 0 Å². The third kappa shape index (κ3) is 6.81. The summed E-state index contributed by atoms with van der Waals surface area (Å²) in [7, 11) is 0. The Hall–Kier alpha value is -1.71. The first kappa shape index (κ1) is 20.3. The van der Waals surface area contributed by atoms with Gasteiger partial charge in [-0.3, -0.25) is 10.1 Å².